The Morgan fingerprint density at radius 3 is 2.74 bits per heavy atom. The summed E-state index contributed by atoms with van der Waals surface area (Å²) in [7, 11) is 0. The molecule has 0 unspecified atom stereocenters. The Morgan fingerprint density at radius 1 is 1.23 bits per heavy atom. The van der Waals surface area contributed by atoms with Crippen LogP contribution in [0.5, 0.6) is 5.75 Å². The first-order chi connectivity index (χ1) is 14.8. The molecule has 0 aromatic heterocycles. The van der Waals surface area contributed by atoms with E-state index in [1.165, 1.54) is 6.92 Å². The van der Waals surface area contributed by atoms with Crippen LogP contribution in [0.15, 0.2) is 36.4 Å². The molecule has 2 aliphatic rings. The molecule has 0 aliphatic carbocycles. The predicted octanol–water partition coefficient (Wildman–Crippen LogP) is 2.36. The van der Waals surface area contributed by atoms with Gasteiger partial charge in [-0.05, 0) is 38.2 Å². The standard InChI is InChI=1S/C24H33N3O4/c1-17(2)25-23(29)13-19-10-11-26-14-20(19)8-6-12-31-22-9-5-4-7-21(22)15-27(18(3)28)16-24(26)30/h4-9,17,19-20H,10-16H2,1-3H3,(H,25,29)/b8-6-/t19-,20-/m0/s1. The van der Waals surface area contributed by atoms with Gasteiger partial charge in [-0.15, -0.1) is 0 Å². The lowest BCUT2D eigenvalue weighted by atomic mass is 9.82. The second-order valence-electron chi connectivity index (χ2n) is 8.70. The number of piperidine rings is 1. The number of hydrogen-bond acceptors (Lipinski definition) is 4. The third-order valence-corrected chi connectivity index (χ3v) is 5.88. The number of carbonyl (C=O) groups excluding carboxylic acids is 3. The minimum atomic E-state index is -0.145. The highest BCUT2D eigenvalue weighted by molar-refractivity contribution is 5.84. The molecule has 1 N–H and O–H groups in total. The second-order valence-corrected chi connectivity index (χ2v) is 8.70. The van der Waals surface area contributed by atoms with Gasteiger partial charge < -0.3 is 19.9 Å². The van der Waals surface area contributed by atoms with Crippen molar-refractivity contribution in [2.24, 2.45) is 11.8 Å². The fraction of sp³-hybridized carbons (Fsp3) is 0.542. The number of para-hydroxylation sites is 1. The molecule has 0 spiro atoms. The molecule has 7 heteroatoms. The number of nitrogens with zero attached hydrogens (tertiary/aromatic N) is 2. The van der Waals surface area contributed by atoms with Crippen molar-refractivity contribution in [3.05, 3.63) is 42.0 Å². The van der Waals surface area contributed by atoms with Gasteiger partial charge in [-0.25, -0.2) is 0 Å². The van der Waals surface area contributed by atoms with Crippen LogP contribution in [0.1, 0.15) is 39.2 Å². The molecular formula is C24H33N3O4. The van der Waals surface area contributed by atoms with Crippen molar-refractivity contribution in [3.63, 3.8) is 0 Å². The van der Waals surface area contributed by atoms with E-state index in [9.17, 15) is 14.4 Å². The van der Waals surface area contributed by atoms with Crippen LogP contribution in [-0.4, -0.2) is 59.8 Å². The van der Waals surface area contributed by atoms with Crippen LogP contribution in [0.4, 0.5) is 0 Å². The van der Waals surface area contributed by atoms with Crippen LogP contribution < -0.4 is 10.1 Å². The van der Waals surface area contributed by atoms with Crippen molar-refractivity contribution < 1.29 is 19.1 Å². The highest BCUT2D eigenvalue weighted by Gasteiger charge is 2.32. The van der Waals surface area contributed by atoms with E-state index in [0.29, 0.717) is 38.4 Å². The van der Waals surface area contributed by atoms with Gasteiger partial charge in [0.1, 0.15) is 18.9 Å². The first-order valence-corrected chi connectivity index (χ1v) is 11.0. The van der Waals surface area contributed by atoms with E-state index in [0.717, 1.165) is 12.0 Å². The SMILES string of the molecule is CC(=O)N1CC(=O)N2CC[C@@H](CC(=O)NC(C)C)[C@@H](/C=C\COc3ccccc3C1)C2. The summed E-state index contributed by atoms with van der Waals surface area (Å²) in [6, 6.07) is 7.70. The van der Waals surface area contributed by atoms with Gasteiger partial charge in [-0.3, -0.25) is 14.4 Å². The highest BCUT2D eigenvalue weighted by Crippen LogP contribution is 2.29. The highest BCUT2D eigenvalue weighted by atomic mass is 16.5. The van der Waals surface area contributed by atoms with Gasteiger partial charge in [0.2, 0.25) is 17.7 Å². The number of hydrogen-bond donors (Lipinski definition) is 1. The topological polar surface area (TPSA) is 79.0 Å². The second kappa shape index (κ2) is 10.5. The molecule has 168 valence electrons. The molecule has 1 aromatic carbocycles. The number of fused-ring (bicyclic) bond motifs is 3. The molecule has 2 aliphatic heterocycles. The first kappa shape index (κ1) is 22.8. The Kier molecular flexibility index (Phi) is 7.71. The quantitative estimate of drug-likeness (QED) is 0.751. The van der Waals surface area contributed by atoms with Crippen LogP contribution in [0.25, 0.3) is 0 Å². The van der Waals surface area contributed by atoms with Gasteiger partial charge in [0.05, 0.1) is 0 Å². The molecular weight excluding hydrogens is 394 g/mol. The first-order valence-electron chi connectivity index (χ1n) is 11.0. The average Bonchev–Trinajstić information content (AvgIpc) is 2.72. The number of amides is 3. The Morgan fingerprint density at radius 2 is 2.00 bits per heavy atom. The molecule has 3 rings (SSSR count). The van der Waals surface area contributed by atoms with Crippen molar-refractivity contribution in [3.8, 4) is 5.75 Å². The number of nitrogens with one attached hydrogen (secondary N) is 1. The zero-order valence-electron chi connectivity index (χ0n) is 18.7. The molecule has 1 saturated heterocycles. The fourth-order valence-corrected chi connectivity index (χ4v) is 4.24. The van der Waals surface area contributed by atoms with Crippen molar-refractivity contribution in [1.29, 1.82) is 0 Å². The van der Waals surface area contributed by atoms with Crippen molar-refractivity contribution in [2.45, 2.75) is 46.2 Å². The van der Waals surface area contributed by atoms with Gasteiger partial charge in [0.15, 0.2) is 0 Å². The molecule has 31 heavy (non-hydrogen) atoms. The third-order valence-electron chi connectivity index (χ3n) is 5.88. The summed E-state index contributed by atoms with van der Waals surface area (Å²) in [5.74, 6) is 0.788. The molecule has 0 radical (unpaired) electrons. The van der Waals surface area contributed by atoms with Gasteiger partial charge >= 0.3 is 0 Å². The Balaban J connectivity index is 1.82. The monoisotopic (exact) mass is 427 g/mol. The zero-order valence-corrected chi connectivity index (χ0v) is 18.7. The molecule has 7 nitrogen and oxygen atoms in total. The Bertz CT molecular complexity index is 836. The van der Waals surface area contributed by atoms with Crippen molar-refractivity contribution >= 4 is 17.7 Å². The summed E-state index contributed by atoms with van der Waals surface area (Å²) in [4.78, 5) is 41.0. The van der Waals surface area contributed by atoms with E-state index in [2.05, 4.69) is 11.4 Å². The zero-order chi connectivity index (χ0) is 22.4. The molecule has 0 saturated carbocycles. The van der Waals surface area contributed by atoms with Gasteiger partial charge in [0.25, 0.3) is 0 Å². The average molecular weight is 428 g/mol. The minimum absolute atomic E-state index is 0.0403. The molecule has 2 heterocycles. The maximum Gasteiger partial charge on any atom is 0.242 e. The normalized spacial score (nSPS) is 23.0. The minimum Gasteiger partial charge on any atom is -0.489 e. The van der Waals surface area contributed by atoms with Crippen molar-refractivity contribution in [1.82, 2.24) is 15.1 Å². The summed E-state index contributed by atoms with van der Waals surface area (Å²) in [5.41, 5.74) is 0.874. The van der Waals surface area contributed by atoms with E-state index < -0.39 is 0 Å². The third kappa shape index (κ3) is 6.32. The number of ether oxygens (including phenoxy) is 1. The summed E-state index contributed by atoms with van der Waals surface area (Å²) in [6.45, 7) is 7.30. The number of benzene rings is 1. The van der Waals surface area contributed by atoms with Crippen molar-refractivity contribution in [2.75, 3.05) is 26.2 Å². The van der Waals surface area contributed by atoms with E-state index in [1.807, 2.05) is 49.1 Å². The van der Waals surface area contributed by atoms with E-state index in [4.69, 9.17) is 4.74 Å². The molecule has 2 bridgehead atoms. The molecule has 3 amide bonds. The largest absolute Gasteiger partial charge is 0.489 e. The number of rotatable bonds is 3. The lowest BCUT2D eigenvalue weighted by Gasteiger charge is -2.38. The fourth-order valence-electron chi connectivity index (χ4n) is 4.24. The van der Waals surface area contributed by atoms with E-state index in [-0.39, 0.29) is 42.1 Å². The van der Waals surface area contributed by atoms with Crippen LogP contribution in [0.3, 0.4) is 0 Å². The maximum absolute atomic E-state index is 13.0. The van der Waals surface area contributed by atoms with Gasteiger partial charge in [-0.2, -0.15) is 0 Å². The molecule has 1 fully saturated rings. The smallest absolute Gasteiger partial charge is 0.242 e. The lowest BCUT2D eigenvalue weighted by Crippen LogP contribution is -2.48. The summed E-state index contributed by atoms with van der Waals surface area (Å²) in [6.07, 6.45) is 5.26. The Labute approximate surface area is 184 Å². The predicted molar refractivity (Wildman–Crippen MR) is 118 cm³/mol. The van der Waals surface area contributed by atoms with Crippen LogP contribution >= 0.6 is 0 Å². The number of carbonyl (C=O) groups is 3. The van der Waals surface area contributed by atoms with Gasteiger partial charge in [-0.1, -0.05) is 30.4 Å². The van der Waals surface area contributed by atoms with Gasteiger partial charge in [0, 0.05) is 44.6 Å². The summed E-state index contributed by atoms with van der Waals surface area (Å²) >= 11 is 0. The van der Waals surface area contributed by atoms with E-state index in [1.54, 1.807) is 4.90 Å². The summed E-state index contributed by atoms with van der Waals surface area (Å²) < 4.78 is 5.96. The van der Waals surface area contributed by atoms with E-state index >= 15 is 0 Å². The van der Waals surface area contributed by atoms with Crippen LogP contribution in [-0.2, 0) is 20.9 Å². The van der Waals surface area contributed by atoms with Crippen LogP contribution in [0, 0.1) is 11.8 Å². The lowest BCUT2D eigenvalue weighted by molar-refractivity contribution is -0.141. The maximum atomic E-state index is 13.0. The Hall–Kier alpha value is -2.83. The molecule has 1 aromatic rings. The van der Waals surface area contributed by atoms with Crippen LogP contribution in [0.2, 0.25) is 0 Å². The summed E-state index contributed by atoms with van der Waals surface area (Å²) in [5, 5.41) is 2.97. The molecule has 2 atom stereocenters.